The van der Waals surface area contributed by atoms with E-state index >= 15 is 0 Å². The molecule has 4 heteroatoms. The van der Waals surface area contributed by atoms with Gasteiger partial charge in [0.15, 0.2) is 0 Å². The third-order valence-corrected chi connectivity index (χ3v) is 2.50. The predicted octanol–water partition coefficient (Wildman–Crippen LogP) is 2.85. The van der Waals surface area contributed by atoms with Gasteiger partial charge >= 0.3 is 0 Å². The van der Waals surface area contributed by atoms with E-state index in [1.807, 2.05) is 6.92 Å². The Kier molecular flexibility index (Phi) is 8.75. The Morgan fingerprint density at radius 2 is 1.53 bits per heavy atom. The van der Waals surface area contributed by atoms with Gasteiger partial charge in [-0.2, -0.15) is 0 Å². The van der Waals surface area contributed by atoms with Gasteiger partial charge in [0.2, 0.25) is 0 Å². The van der Waals surface area contributed by atoms with Crippen molar-refractivity contribution in [3.63, 3.8) is 0 Å². The predicted molar refractivity (Wildman–Crippen MR) is 53.0 cm³/mol. The molecule has 1 atom stereocenters. The van der Waals surface area contributed by atoms with Gasteiger partial charge < -0.3 is 10.2 Å². The van der Waals surface area contributed by atoms with Crippen LogP contribution >= 0.6 is 0 Å². The maximum absolute atomic E-state index is 9.54. The Hall–Kier alpha value is 0.197. The van der Waals surface area contributed by atoms with Crippen LogP contribution < -0.4 is 0 Å². The van der Waals surface area contributed by atoms with Crippen LogP contribution in [0.4, 0.5) is 0 Å². The molecule has 0 saturated heterocycles. The summed E-state index contributed by atoms with van der Waals surface area (Å²) in [5, 5.41) is 18.8. The Labute approximate surface area is 120 Å². The molecule has 0 fully saturated rings. The molecule has 2 nitrogen and oxygen atoms in total. The molecule has 0 amide bonds. The number of rotatable bonds is 2. The summed E-state index contributed by atoms with van der Waals surface area (Å²) in [6.45, 7) is 6.22. The first-order valence-corrected chi connectivity index (χ1v) is 4.54. The SMILES string of the molecule is CC(C)C(C)c1cc(O)ccc1O.[W].[W]. The van der Waals surface area contributed by atoms with E-state index in [9.17, 15) is 10.2 Å². The van der Waals surface area contributed by atoms with E-state index in [4.69, 9.17) is 0 Å². The van der Waals surface area contributed by atoms with Crippen LogP contribution in [0.25, 0.3) is 0 Å². The van der Waals surface area contributed by atoms with Gasteiger partial charge in [0.05, 0.1) is 0 Å². The van der Waals surface area contributed by atoms with Crippen LogP contribution in [0.15, 0.2) is 18.2 Å². The summed E-state index contributed by atoms with van der Waals surface area (Å²) in [5.41, 5.74) is 0.815. The van der Waals surface area contributed by atoms with Crippen LogP contribution in [0, 0.1) is 5.92 Å². The summed E-state index contributed by atoms with van der Waals surface area (Å²) in [6, 6.07) is 4.65. The van der Waals surface area contributed by atoms with Gasteiger partial charge in [0.25, 0.3) is 0 Å². The molecule has 2 N–H and O–H groups in total. The summed E-state index contributed by atoms with van der Waals surface area (Å²) in [6.07, 6.45) is 0. The van der Waals surface area contributed by atoms with E-state index in [-0.39, 0.29) is 59.5 Å². The van der Waals surface area contributed by atoms with E-state index in [2.05, 4.69) is 13.8 Å². The number of hydrogen-bond donors (Lipinski definition) is 2. The Morgan fingerprint density at radius 3 is 2.00 bits per heavy atom. The second-order valence-electron chi connectivity index (χ2n) is 3.78. The van der Waals surface area contributed by atoms with Crippen LogP contribution in [0.1, 0.15) is 32.3 Å². The average molecular weight is 548 g/mol. The number of phenolic OH excluding ortho intramolecular Hbond substituents is 2. The zero-order chi connectivity index (χ0) is 10.0. The third-order valence-electron chi connectivity index (χ3n) is 2.50. The van der Waals surface area contributed by atoms with E-state index in [1.165, 1.54) is 12.1 Å². The monoisotopic (exact) mass is 548 g/mol. The molecule has 0 radical (unpaired) electrons. The third kappa shape index (κ3) is 4.70. The second kappa shape index (κ2) is 7.47. The molecule has 0 heterocycles. The van der Waals surface area contributed by atoms with Crippen molar-refractivity contribution in [2.24, 2.45) is 5.92 Å². The van der Waals surface area contributed by atoms with Crippen LogP contribution in [0.2, 0.25) is 0 Å². The first kappa shape index (κ1) is 17.6. The summed E-state index contributed by atoms with van der Waals surface area (Å²) in [5.74, 6) is 1.18. The molecule has 1 rings (SSSR count). The molecule has 0 bridgehead atoms. The maximum atomic E-state index is 9.54. The van der Waals surface area contributed by atoms with E-state index in [1.54, 1.807) is 6.07 Å². The molecule has 0 aliphatic heterocycles. The summed E-state index contributed by atoms with van der Waals surface area (Å²) in [4.78, 5) is 0. The molecule has 84 valence electrons. The summed E-state index contributed by atoms with van der Waals surface area (Å²) >= 11 is 0. The zero-order valence-electron chi connectivity index (χ0n) is 9.10. The fraction of sp³-hybridized carbons (Fsp3) is 0.455. The van der Waals surface area contributed by atoms with Crippen LogP contribution in [-0.4, -0.2) is 10.2 Å². The fourth-order valence-electron chi connectivity index (χ4n) is 1.27. The molecule has 0 saturated carbocycles. The van der Waals surface area contributed by atoms with Crippen LogP contribution in [-0.2, 0) is 42.1 Å². The number of benzene rings is 1. The molecular weight excluding hydrogens is 532 g/mol. The quantitative estimate of drug-likeness (QED) is 0.559. The van der Waals surface area contributed by atoms with Crippen LogP contribution in [0.5, 0.6) is 11.5 Å². The molecule has 1 aromatic carbocycles. The topological polar surface area (TPSA) is 40.5 Å². The van der Waals surface area contributed by atoms with Gasteiger partial charge in [-0.1, -0.05) is 20.8 Å². The standard InChI is InChI=1S/C11H16O2.2W/c1-7(2)8(3)10-6-9(12)4-5-11(10)13;;/h4-8,12-13H,1-3H3;;. The first-order chi connectivity index (χ1) is 6.02. The molecule has 0 aromatic heterocycles. The minimum Gasteiger partial charge on any atom is -0.508 e. The van der Waals surface area contributed by atoms with Gasteiger partial charge in [-0.15, -0.1) is 0 Å². The number of hydrogen-bond acceptors (Lipinski definition) is 2. The Morgan fingerprint density at radius 1 is 1.00 bits per heavy atom. The van der Waals surface area contributed by atoms with Crippen molar-refractivity contribution in [1.82, 2.24) is 0 Å². The molecule has 0 spiro atoms. The summed E-state index contributed by atoms with van der Waals surface area (Å²) in [7, 11) is 0. The zero-order valence-corrected chi connectivity index (χ0v) is 15.0. The first-order valence-electron chi connectivity index (χ1n) is 4.54. The molecule has 0 aliphatic rings. The minimum absolute atomic E-state index is 0. The van der Waals surface area contributed by atoms with Gasteiger partial charge in [0.1, 0.15) is 11.5 Å². The van der Waals surface area contributed by atoms with Crippen molar-refractivity contribution < 1.29 is 52.3 Å². The van der Waals surface area contributed by atoms with Gasteiger partial charge in [0, 0.05) is 47.7 Å². The van der Waals surface area contributed by atoms with Gasteiger partial charge in [-0.3, -0.25) is 0 Å². The van der Waals surface area contributed by atoms with E-state index < -0.39 is 0 Å². The largest absolute Gasteiger partial charge is 0.508 e. The van der Waals surface area contributed by atoms with Crippen molar-refractivity contribution >= 4 is 0 Å². The Bertz CT molecular complexity index is 301. The number of phenols is 2. The fourth-order valence-corrected chi connectivity index (χ4v) is 1.27. The van der Waals surface area contributed by atoms with E-state index in [0.717, 1.165) is 5.56 Å². The van der Waals surface area contributed by atoms with Crippen molar-refractivity contribution in [2.75, 3.05) is 0 Å². The molecular formula is C11H16O2W2. The van der Waals surface area contributed by atoms with Gasteiger partial charge in [-0.05, 0) is 30.0 Å². The Balaban J connectivity index is 0. The second-order valence-corrected chi connectivity index (χ2v) is 3.78. The molecule has 0 aliphatic carbocycles. The van der Waals surface area contributed by atoms with E-state index in [0.29, 0.717) is 5.92 Å². The van der Waals surface area contributed by atoms with Crippen molar-refractivity contribution in [3.05, 3.63) is 23.8 Å². The average Bonchev–Trinajstić information content (AvgIpc) is 2.08. The van der Waals surface area contributed by atoms with Crippen molar-refractivity contribution in [1.29, 1.82) is 0 Å². The van der Waals surface area contributed by atoms with Gasteiger partial charge in [-0.25, -0.2) is 0 Å². The van der Waals surface area contributed by atoms with Crippen molar-refractivity contribution in [2.45, 2.75) is 26.7 Å². The maximum Gasteiger partial charge on any atom is 0.119 e. The molecule has 1 aromatic rings. The number of aromatic hydroxyl groups is 2. The van der Waals surface area contributed by atoms with Crippen molar-refractivity contribution in [3.8, 4) is 11.5 Å². The minimum atomic E-state index is 0. The molecule has 15 heavy (non-hydrogen) atoms. The molecule has 1 unspecified atom stereocenters. The normalized spacial score (nSPS) is 11.5. The smallest absolute Gasteiger partial charge is 0.119 e. The summed E-state index contributed by atoms with van der Waals surface area (Å²) < 4.78 is 0. The van der Waals surface area contributed by atoms with Crippen LogP contribution in [0.3, 0.4) is 0 Å².